The van der Waals surface area contributed by atoms with Crippen molar-refractivity contribution in [3.63, 3.8) is 0 Å². The van der Waals surface area contributed by atoms with Crippen LogP contribution < -0.4 is 0 Å². The number of H-pyrrole nitrogens is 1. The van der Waals surface area contributed by atoms with Crippen LogP contribution in [0.5, 0.6) is 0 Å². The lowest BCUT2D eigenvalue weighted by Crippen LogP contribution is -1.97. The second-order valence-electron chi connectivity index (χ2n) is 4.00. The van der Waals surface area contributed by atoms with Gasteiger partial charge >= 0.3 is 0 Å². The molecule has 2 aromatic heterocycles. The molecule has 0 radical (unpaired) electrons. The van der Waals surface area contributed by atoms with E-state index >= 15 is 0 Å². The molecular weight excluding hydrogens is 250 g/mol. The average molecular weight is 261 g/mol. The Morgan fingerprint density at radius 3 is 3.12 bits per heavy atom. The van der Waals surface area contributed by atoms with E-state index in [1.807, 2.05) is 11.7 Å². The van der Waals surface area contributed by atoms with Gasteiger partial charge < -0.3 is 9.55 Å². The lowest BCUT2D eigenvalue weighted by atomic mass is 10.2. The van der Waals surface area contributed by atoms with Gasteiger partial charge in [0.2, 0.25) is 0 Å². The molecule has 0 saturated heterocycles. The van der Waals surface area contributed by atoms with Crippen LogP contribution in [0.4, 0.5) is 0 Å². The summed E-state index contributed by atoms with van der Waals surface area (Å²) in [6.07, 6.45) is 1.89. The minimum absolute atomic E-state index is 0.763. The maximum absolute atomic E-state index is 5.36. The van der Waals surface area contributed by atoms with Gasteiger partial charge in [0.25, 0.3) is 0 Å². The van der Waals surface area contributed by atoms with Crippen molar-refractivity contribution in [2.24, 2.45) is 0 Å². The first-order valence-corrected chi connectivity index (χ1v) is 6.59. The predicted octanol–water partition coefficient (Wildman–Crippen LogP) is 3.51. The normalized spacial score (nSPS) is 11.1. The summed E-state index contributed by atoms with van der Waals surface area (Å²) in [6, 6.07) is 6.32. The van der Waals surface area contributed by atoms with Crippen LogP contribution in [0.25, 0.3) is 11.0 Å². The summed E-state index contributed by atoms with van der Waals surface area (Å²) in [6.45, 7) is 2.87. The van der Waals surface area contributed by atoms with Crippen molar-refractivity contribution in [2.75, 3.05) is 0 Å². The van der Waals surface area contributed by atoms with Crippen molar-refractivity contribution in [3.8, 4) is 0 Å². The van der Waals surface area contributed by atoms with Gasteiger partial charge in [0, 0.05) is 11.1 Å². The fraction of sp³-hybridized carbons (Fsp3) is 0.167. The zero-order chi connectivity index (χ0) is 11.8. The molecule has 0 fully saturated rings. The van der Waals surface area contributed by atoms with Gasteiger partial charge in [-0.1, -0.05) is 6.07 Å². The summed E-state index contributed by atoms with van der Waals surface area (Å²) in [5, 5.41) is 0. The quantitative estimate of drug-likeness (QED) is 0.716. The van der Waals surface area contributed by atoms with Crippen molar-refractivity contribution in [3.05, 3.63) is 45.1 Å². The van der Waals surface area contributed by atoms with Crippen LogP contribution in [-0.2, 0) is 6.54 Å². The molecule has 0 amide bonds. The Bertz CT molecular complexity index is 707. The molecule has 0 aliphatic carbocycles. The molecule has 0 saturated carbocycles. The Balaban J connectivity index is 2.17. The molecule has 5 heteroatoms. The summed E-state index contributed by atoms with van der Waals surface area (Å²) in [7, 11) is 0. The van der Waals surface area contributed by atoms with Gasteiger partial charge in [-0.05, 0) is 36.8 Å². The van der Waals surface area contributed by atoms with Gasteiger partial charge in [0.1, 0.15) is 0 Å². The number of aromatic amines is 1. The molecule has 86 valence electrons. The van der Waals surface area contributed by atoms with Crippen LogP contribution in [0.15, 0.2) is 29.9 Å². The molecular formula is C12H11N3S2. The lowest BCUT2D eigenvalue weighted by molar-refractivity contribution is 0.821. The maximum Gasteiger partial charge on any atom is 0.178 e. The fourth-order valence-corrected chi connectivity index (χ4v) is 2.75. The number of imidazole rings is 1. The zero-order valence-corrected chi connectivity index (χ0v) is 10.9. The van der Waals surface area contributed by atoms with Crippen LogP contribution in [0, 0.1) is 11.7 Å². The molecule has 17 heavy (non-hydrogen) atoms. The molecule has 2 heterocycles. The topological polar surface area (TPSA) is 33.6 Å². The van der Waals surface area contributed by atoms with Crippen molar-refractivity contribution >= 4 is 34.6 Å². The Kier molecular flexibility index (Phi) is 2.57. The smallest absolute Gasteiger partial charge is 0.178 e. The number of rotatable bonds is 2. The molecule has 0 bridgehead atoms. The van der Waals surface area contributed by atoms with Gasteiger partial charge in [-0.3, -0.25) is 4.98 Å². The number of hydrogen-bond donors (Lipinski definition) is 1. The summed E-state index contributed by atoms with van der Waals surface area (Å²) >= 11 is 7.01. The maximum atomic E-state index is 5.36. The number of benzene rings is 1. The van der Waals surface area contributed by atoms with Crippen LogP contribution in [-0.4, -0.2) is 14.5 Å². The molecule has 3 rings (SSSR count). The third kappa shape index (κ3) is 1.92. The molecule has 0 spiro atoms. The van der Waals surface area contributed by atoms with E-state index in [1.54, 1.807) is 11.3 Å². The number of thiazole rings is 1. The average Bonchev–Trinajstić information content (AvgIpc) is 2.90. The van der Waals surface area contributed by atoms with Gasteiger partial charge in [-0.25, -0.2) is 0 Å². The Hall–Kier alpha value is -1.46. The number of aromatic nitrogens is 3. The number of fused-ring (bicyclic) bond motifs is 1. The van der Waals surface area contributed by atoms with Crippen molar-refractivity contribution < 1.29 is 0 Å². The number of aryl methyl sites for hydroxylation is 1. The third-order valence-corrected chi connectivity index (χ3v) is 3.82. The Morgan fingerprint density at radius 1 is 1.47 bits per heavy atom. The van der Waals surface area contributed by atoms with E-state index in [1.165, 1.54) is 10.4 Å². The number of nitrogens with zero attached hydrogens (tertiary/aromatic N) is 2. The van der Waals surface area contributed by atoms with E-state index in [9.17, 15) is 0 Å². The van der Waals surface area contributed by atoms with Gasteiger partial charge in [0.05, 0.1) is 23.1 Å². The molecule has 0 aliphatic rings. The zero-order valence-electron chi connectivity index (χ0n) is 9.30. The number of nitrogens with one attached hydrogen (secondary N) is 1. The highest BCUT2D eigenvalue weighted by atomic mass is 32.1. The van der Waals surface area contributed by atoms with Crippen molar-refractivity contribution in [2.45, 2.75) is 13.5 Å². The second-order valence-corrected chi connectivity index (χ2v) is 5.36. The van der Waals surface area contributed by atoms with Crippen molar-refractivity contribution in [1.82, 2.24) is 14.5 Å². The Labute approximate surface area is 108 Å². The summed E-state index contributed by atoms with van der Waals surface area (Å²) in [4.78, 5) is 8.53. The fourth-order valence-electron chi connectivity index (χ4n) is 1.90. The molecule has 0 unspecified atom stereocenters. The first-order chi connectivity index (χ1) is 8.24. The molecule has 1 aromatic carbocycles. The van der Waals surface area contributed by atoms with Gasteiger partial charge in [0.15, 0.2) is 4.77 Å². The predicted molar refractivity (Wildman–Crippen MR) is 73.1 cm³/mol. The summed E-state index contributed by atoms with van der Waals surface area (Å²) < 4.78 is 2.88. The molecule has 0 atom stereocenters. The van der Waals surface area contributed by atoms with Crippen LogP contribution in [0.3, 0.4) is 0 Å². The minimum atomic E-state index is 0.763. The highest BCUT2D eigenvalue weighted by Crippen LogP contribution is 2.18. The molecule has 0 aliphatic heterocycles. The van der Waals surface area contributed by atoms with Crippen molar-refractivity contribution in [1.29, 1.82) is 0 Å². The third-order valence-electron chi connectivity index (χ3n) is 2.73. The van der Waals surface area contributed by atoms with Crippen LogP contribution in [0.2, 0.25) is 0 Å². The van der Waals surface area contributed by atoms with E-state index in [-0.39, 0.29) is 0 Å². The first kappa shape index (κ1) is 10.7. The monoisotopic (exact) mass is 261 g/mol. The van der Waals surface area contributed by atoms with E-state index in [0.29, 0.717) is 0 Å². The first-order valence-electron chi connectivity index (χ1n) is 5.30. The second kappa shape index (κ2) is 4.09. The minimum Gasteiger partial charge on any atom is -0.331 e. The van der Waals surface area contributed by atoms with E-state index in [0.717, 1.165) is 22.3 Å². The SMILES string of the molecule is Cc1ccc2[nH]c(=S)n(Cc3cncs3)c2c1. The lowest BCUT2D eigenvalue weighted by Gasteiger charge is -2.02. The van der Waals surface area contributed by atoms with Gasteiger partial charge in [-0.15, -0.1) is 11.3 Å². The highest BCUT2D eigenvalue weighted by Gasteiger charge is 2.05. The number of hydrogen-bond acceptors (Lipinski definition) is 3. The largest absolute Gasteiger partial charge is 0.331 e. The van der Waals surface area contributed by atoms with E-state index < -0.39 is 0 Å². The van der Waals surface area contributed by atoms with Gasteiger partial charge in [-0.2, -0.15) is 0 Å². The van der Waals surface area contributed by atoms with E-state index in [4.69, 9.17) is 12.2 Å². The molecule has 3 aromatic rings. The molecule has 3 nitrogen and oxygen atoms in total. The molecule has 1 N–H and O–H groups in total. The summed E-state index contributed by atoms with van der Waals surface area (Å²) in [5.74, 6) is 0. The summed E-state index contributed by atoms with van der Waals surface area (Å²) in [5.41, 5.74) is 5.33. The Morgan fingerprint density at radius 2 is 2.35 bits per heavy atom. The highest BCUT2D eigenvalue weighted by molar-refractivity contribution is 7.71. The van der Waals surface area contributed by atoms with Crippen LogP contribution >= 0.6 is 23.6 Å². The van der Waals surface area contributed by atoms with E-state index in [2.05, 4.69) is 39.7 Å². The standard InChI is InChI=1S/C12H11N3S2/c1-8-2-3-10-11(4-8)15(12(16)14-10)6-9-5-13-7-17-9/h2-5,7H,6H2,1H3,(H,14,16). The van der Waals surface area contributed by atoms with Crippen LogP contribution in [0.1, 0.15) is 10.4 Å².